The molecule has 0 bridgehead atoms. The molecular weight excluding hydrogens is 521 g/mol. The second-order valence-corrected chi connectivity index (χ2v) is 7.43. The highest BCUT2D eigenvalue weighted by atomic mass is 127. The Hall–Kier alpha value is -3.41. The van der Waals surface area contributed by atoms with E-state index in [4.69, 9.17) is 18.9 Å². The van der Waals surface area contributed by atoms with Crippen LogP contribution in [0.4, 0.5) is 0 Å². The maximum Gasteiger partial charge on any atom is 0.339 e. The lowest BCUT2D eigenvalue weighted by Crippen LogP contribution is -2.21. The van der Waals surface area contributed by atoms with Crippen molar-refractivity contribution < 1.29 is 38.7 Å². The Morgan fingerprint density at radius 1 is 1.03 bits per heavy atom. The topological polar surface area (TPSA) is 124 Å². The molecule has 0 saturated carbocycles. The van der Waals surface area contributed by atoms with Crippen LogP contribution in [0.2, 0.25) is 0 Å². The molecule has 0 aromatic heterocycles. The molecule has 0 fully saturated rings. The third-order valence-corrected chi connectivity index (χ3v) is 5.72. The molecule has 1 amide bonds. The second-order valence-electron chi connectivity index (χ2n) is 6.89. The largest absolute Gasteiger partial charge is 0.504 e. The SMILES string of the molecule is O=C(COc1c2c(c(-c3ccc4c(c3)OCO4)c3cc(O)c(O)cc13)C(=O)OC2)NI. The minimum Gasteiger partial charge on any atom is -0.504 e. The van der Waals surface area contributed by atoms with E-state index < -0.39 is 5.97 Å². The van der Waals surface area contributed by atoms with E-state index in [2.05, 4.69) is 3.53 Å². The first kappa shape index (κ1) is 19.5. The summed E-state index contributed by atoms with van der Waals surface area (Å²) >= 11 is 1.70. The van der Waals surface area contributed by atoms with Gasteiger partial charge in [-0.05, 0) is 35.2 Å². The molecule has 3 N–H and O–H groups in total. The number of nitrogens with one attached hydrogen (secondary N) is 1. The molecule has 10 heteroatoms. The van der Waals surface area contributed by atoms with E-state index in [1.54, 1.807) is 41.1 Å². The molecule has 0 spiro atoms. The highest BCUT2D eigenvalue weighted by Gasteiger charge is 2.33. The fraction of sp³-hybridized carbons (Fsp3) is 0.143. The predicted octanol–water partition coefficient (Wildman–Crippen LogP) is 3.16. The van der Waals surface area contributed by atoms with Crippen molar-refractivity contribution in [2.24, 2.45) is 0 Å². The van der Waals surface area contributed by atoms with Crippen LogP contribution in [0.5, 0.6) is 28.7 Å². The first-order valence-electron chi connectivity index (χ1n) is 9.12. The fourth-order valence-electron chi connectivity index (χ4n) is 3.79. The Morgan fingerprint density at radius 3 is 2.55 bits per heavy atom. The number of ether oxygens (including phenoxy) is 4. The van der Waals surface area contributed by atoms with Gasteiger partial charge in [-0.25, -0.2) is 4.79 Å². The number of rotatable bonds is 4. The van der Waals surface area contributed by atoms with Gasteiger partial charge in [0.25, 0.3) is 5.91 Å². The van der Waals surface area contributed by atoms with Crippen molar-refractivity contribution in [2.75, 3.05) is 13.4 Å². The molecule has 0 unspecified atom stereocenters. The number of benzene rings is 3. The van der Waals surface area contributed by atoms with Crippen LogP contribution in [0.1, 0.15) is 15.9 Å². The Morgan fingerprint density at radius 2 is 1.77 bits per heavy atom. The van der Waals surface area contributed by atoms with Gasteiger partial charge in [0, 0.05) is 16.5 Å². The number of halogens is 1. The number of phenols is 2. The Balaban J connectivity index is 1.82. The normalized spacial score (nSPS) is 13.8. The molecule has 158 valence electrons. The van der Waals surface area contributed by atoms with Gasteiger partial charge >= 0.3 is 5.97 Å². The van der Waals surface area contributed by atoms with Gasteiger partial charge in [-0.15, -0.1) is 0 Å². The molecule has 0 atom stereocenters. The van der Waals surface area contributed by atoms with E-state index in [1.807, 2.05) is 0 Å². The minimum absolute atomic E-state index is 0.0511. The molecule has 5 rings (SSSR count). The summed E-state index contributed by atoms with van der Waals surface area (Å²) in [5.74, 6) is -0.328. The number of aromatic hydroxyl groups is 2. The maximum absolute atomic E-state index is 12.7. The van der Waals surface area contributed by atoms with Crippen molar-refractivity contribution in [2.45, 2.75) is 6.61 Å². The van der Waals surface area contributed by atoms with Crippen LogP contribution < -0.4 is 17.7 Å². The molecule has 2 aliphatic heterocycles. The molecule has 31 heavy (non-hydrogen) atoms. The van der Waals surface area contributed by atoms with Gasteiger partial charge in [-0.3, -0.25) is 8.32 Å². The van der Waals surface area contributed by atoms with Crippen LogP contribution in [0.25, 0.3) is 21.9 Å². The summed E-state index contributed by atoms with van der Waals surface area (Å²) < 4.78 is 24.3. The van der Waals surface area contributed by atoms with Crippen LogP contribution in [-0.4, -0.2) is 35.5 Å². The Labute approximate surface area is 189 Å². The third-order valence-electron chi connectivity index (χ3n) is 5.12. The lowest BCUT2D eigenvalue weighted by atomic mass is 9.89. The summed E-state index contributed by atoms with van der Waals surface area (Å²) in [6, 6.07) is 7.91. The summed E-state index contributed by atoms with van der Waals surface area (Å²) in [5.41, 5.74) is 1.84. The zero-order valence-electron chi connectivity index (χ0n) is 15.7. The molecule has 3 aromatic carbocycles. The monoisotopic (exact) mass is 535 g/mol. The molecule has 2 heterocycles. The van der Waals surface area contributed by atoms with E-state index in [9.17, 15) is 19.8 Å². The number of esters is 1. The van der Waals surface area contributed by atoms with Crippen LogP contribution >= 0.6 is 22.9 Å². The highest BCUT2D eigenvalue weighted by Crippen LogP contribution is 2.48. The Kier molecular flexibility index (Phi) is 4.65. The van der Waals surface area contributed by atoms with Gasteiger partial charge in [0.2, 0.25) is 6.79 Å². The summed E-state index contributed by atoms with van der Waals surface area (Å²) in [7, 11) is 0. The summed E-state index contributed by atoms with van der Waals surface area (Å²) in [6.45, 7) is -0.256. The van der Waals surface area contributed by atoms with Gasteiger partial charge in [0.05, 0.1) is 28.4 Å². The number of carbonyl (C=O) groups excluding carboxylic acids is 2. The van der Waals surface area contributed by atoms with E-state index in [-0.39, 0.29) is 48.7 Å². The molecule has 0 saturated heterocycles. The number of phenolic OH excluding ortho intramolecular Hbond substituents is 2. The van der Waals surface area contributed by atoms with E-state index >= 15 is 0 Å². The summed E-state index contributed by atoms with van der Waals surface area (Å²) in [6.07, 6.45) is 0. The van der Waals surface area contributed by atoms with Crippen molar-refractivity contribution in [3.63, 3.8) is 0 Å². The average Bonchev–Trinajstić information content (AvgIpc) is 3.38. The number of cyclic esters (lactones) is 1. The van der Waals surface area contributed by atoms with Gasteiger partial charge in [0.1, 0.15) is 12.4 Å². The van der Waals surface area contributed by atoms with E-state index in [0.29, 0.717) is 39.0 Å². The maximum atomic E-state index is 12.7. The number of fused-ring (bicyclic) bond motifs is 3. The standard InChI is InChI=1S/C21H14INO8/c22-23-17(26)7-28-20-11-5-14(25)13(24)4-10(11)18(19-12(20)6-29-21(19)27)9-1-2-15-16(3-9)31-8-30-15/h1-5,24-25H,6-8H2,(H,23,26). The van der Waals surface area contributed by atoms with Gasteiger partial charge < -0.3 is 29.2 Å². The van der Waals surface area contributed by atoms with Crippen molar-refractivity contribution in [3.05, 3.63) is 41.5 Å². The van der Waals surface area contributed by atoms with E-state index in [0.717, 1.165) is 0 Å². The minimum atomic E-state index is -0.555. The molecule has 0 radical (unpaired) electrons. The highest BCUT2D eigenvalue weighted by molar-refractivity contribution is 14.1. The molecule has 2 aliphatic rings. The number of amides is 1. The lowest BCUT2D eigenvalue weighted by Gasteiger charge is -2.17. The second kappa shape index (κ2) is 7.38. The average molecular weight is 535 g/mol. The number of hydrogen-bond acceptors (Lipinski definition) is 8. The predicted molar refractivity (Wildman–Crippen MR) is 116 cm³/mol. The van der Waals surface area contributed by atoms with Crippen molar-refractivity contribution in [1.82, 2.24) is 3.53 Å². The zero-order valence-corrected chi connectivity index (χ0v) is 17.9. The summed E-state index contributed by atoms with van der Waals surface area (Å²) in [4.78, 5) is 24.5. The number of hydrogen-bond donors (Lipinski definition) is 3. The van der Waals surface area contributed by atoms with E-state index in [1.165, 1.54) is 12.1 Å². The third kappa shape index (κ3) is 3.14. The lowest BCUT2D eigenvalue weighted by molar-refractivity contribution is -0.120. The van der Waals surface area contributed by atoms with Crippen molar-refractivity contribution >= 4 is 45.5 Å². The van der Waals surface area contributed by atoms with Crippen LogP contribution in [0.3, 0.4) is 0 Å². The smallest absolute Gasteiger partial charge is 0.339 e. The van der Waals surface area contributed by atoms with Gasteiger partial charge in [-0.2, -0.15) is 0 Å². The summed E-state index contributed by atoms with van der Waals surface area (Å²) in [5, 5.41) is 21.2. The molecular formula is C21H14INO8. The van der Waals surface area contributed by atoms with Crippen molar-refractivity contribution in [1.29, 1.82) is 0 Å². The number of carbonyl (C=O) groups is 2. The van der Waals surface area contributed by atoms with Crippen LogP contribution in [-0.2, 0) is 16.1 Å². The Bertz CT molecular complexity index is 1270. The molecule has 0 aliphatic carbocycles. The molecule has 9 nitrogen and oxygen atoms in total. The molecule has 3 aromatic rings. The fourth-order valence-corrected chi connectivity index (χ4v) is 3.94. The quantitative estimate of drug-likeness (QED) is 0.202. The first-order valence-corrected chi connectivity index (χ1v) is 10.2. The first-order chi connectivity index (χ1) is 15.0. The van der Waals surface area contributed by atoms with Gasteiger partial charge in [0.15, 0.2) is 29.6 Å². The zero-order chi connectivity index (χ0) is 21.7. The van der Waals surface area contributed by atoms with Crippen LogP contribution in [0.15, 0.2) is 30.3 Å². The van der Waals surface area contributed by atoms with Crippen LogP contribution in [0, 0.1) is 0 Å². The van der Waals surface area contributed by atoms with Crippen molar-refractivity contribution in [3.8, 4) is 39.9 Å². The van der Waals surface area contributed by atoms with Gasteiger partial charge in [-0.1, -0.05) is 6.07 Å².